The van der Waals surface area contributed by atoms with Gasteiger partial charge in [-0.2, -0.15) is 0 Å². The van der Waals surface area contributed by atoms with E-state index in [0.717, 1.165) is 12.8 Å². The molecule has 56 valence electrons. The van der Waals surface area contributed by atoms with Gasteiger partial charge < -0.3 is 5.11 Å². The zero-order valence-corrected chi connectivity index (χ0v) is 6.78. The molecule has 1 N–H and O–H groups in total. The average Bonchev–Trinajstić information content (AvgIpc) is 1.84. The second-order valence-corrected chi connectivity index (χ2v) is 3.34. The standard InChI is InChI=1S/C8H18O/c1-4-8(2,3)6-5-7-9/h9H,4-7H2,1-3H3. The highest BCUT2D eigenvalue weighted by atomic mass is 16.2. The number of aliphatic hydroxyl groups is 1. The second-order valence-electron chi connectivity index (χ2n) is 3.34. The Kier molecular flexibility index (Phi) is 3.87. The lowest BCUT2D eigenvalue weighted by Crippen LogP contribution is -2.09. The summed E-state index contributed by atoms with van der Waals surface area (Å²) in [6, 6.07) is 0. The van der Waals surface area contributed by atoms with Crippen LogP contribution in [0.15, 0.2) is 0 Å². The minimum absolute atomic E-state index is 0.337. The summed E-state index contributed by atoms with van der Waals surface area (Å²) in [5, 5.41) is 8.53. The van der Waals surface area contributed by atoms with Crippen LogP contribution in [0.25, 0.3) is 0 Å². The molecule has 0 unspecified atom stereocenters. The van der Waals surface area contributed by atoms with Gasteiger partial charge in [0.05, 0.1) is 0 Å². The van der Waals surface area contributed by atoms with Gasteiger partial charge in [-0.1, -0.05) is 27.2 Å². The molecule has 0 aliphatic heterocycles. The fourth-order valence-electron chi connectivity index (χ4n) is 0.734. The van der Waals surface area contributed by atoms with Crippen LogP contribution in [0, 0.1) is 5.41 Å². The molecule has 0 fully saturated rings. The highest BCUT2D eigenvalue weighted by Crippen LogP contribution is 2.25. The molecule has 0 spiro atoms. The highest BCUT2D eigenvalue weighted by molar-refractivity contribution is 4.65. The van der Waals surface area contributed by atoms with Crippen LogP contribution in [-0.4, -0.2) is 11.7 Å². The molecule has 0 atom stereocenters. The second kappa shape index (κ2) is 3.89. The van der Waals surface area contributed by atoms with E-state index < -0.39 is 0 Å². The summed E-state index contributed by atoms with van der Waals surface area (Å²) in [5.74, 6) is 0. The normalized spacial score (nSPS) is 12.0. The number of aliphatic hydroxyl groups excluding tert-OH is 1. The monoisotopic (exact) mass is 130 g/mol. The van der Waals surface area contributed by atoms with Gasteiger partial charge in [-0.25, -0.2) is 0 Å². The van der Waals surface area contributed by atoms with Crippen molar-refractivity contribution in [2.75, 3.05) is 6.61 Å². The summed E-state index contributed by atoms with van der Waals surface area (Å²) in [5.41, 5.74) is 0.433. The minimum Gasteiger partial charge on any atom is -0.396 e. The van der Waals surface area contributed by atoms with Crippen LogP contribution in [0.5, 0.6) is 0 Å². The quantitative estimate of drug-likeness (QED) is 0.618. The molecule has 0 aromatic rings. The van der Waals surface area contributed by atoms with Crippen molar-refractivity contribution in [1.82, 2.24) is 0 Å². The van der Waals surface area contributed by atoms with Gasteiger partial charge >= 0.3 is 0 Å². The van der Waals surface area contributed by atoms with E-state index in [1.165, 1.54) is 6.42 Å². The predicted octanol–water partition coefficient (Wildman–Crippen LogP) is 2.20. The van der Waals surface area contributed by atoms with Gasteiger partial charge in [-0.05, 0) is 18.3 Å². The molecule has 1 nitrogen and oxygen atoms in total. The molecule has 0 saturated heterocycles. The third-order valence-corrected chi connectivity index (χ3v) is 1.97. The van der Waals surface area contributed by atoms with Crippen LogP contribution in [0.2, 0.25) is 0 Å². The van der Waals surface area contributed by atoms with E-state index in [2.05, 4.69) is 20.8 Å². The van der Waals surface area contributed by atoms with Gasteiger partial charge in [0.15, 0.2) is 0 Å². The summed E-state index contributed by atoms with van der Waals surface area (Å²) in [7, 11) is 0. The largest absolute Gasteiger partial charge is 0.396 e. The first kappa shape index (κ1) is 8.96. The molecule has 0 radical (unpaired) electrons. The van der Waals surface area contributed by atoms with Crippen LogP contribution in [-0.2, 0) is 0 Å². The Labute approximate surface area is 58.1 Å². The molecule has 0 heterocycles. The number of hydrogen-bond donors (Lipinski definition) is 1. The maximum atomic E-state index is 8.53. The first-order chi connectivity index (χ1) is 4.12. The van der Waals surface area contributed by atoms with Gasteiger partial charge in [-0.15, -0.1) is 0 Å². The summed E-state index contributed by atoms with van der Waals surface area (Å²) >= 11 is 0. The van der Waals surface area contributed by atoms with Gasteiger partial charge in [0.2, 0.25) is 0 Å². The van der Waals surface area contributed by atoms with Gasteiger partial charge in [0, 0.05) is 6.61 Å². The fraction of sp³-hybridized carbons (Fsp3) is 1.00. The summed E-state index contributed by atoms with van der Waals surface area (Å²) in [6.07, 6.45) is 3.29. The van der Waals surface area contributed by atoms with Crippen molar-refractivity contribution in [2.45, 2.75) is 40.0 Å². The molecule has 0 rings (SSSR count). The molecular weight excluding hydrogens is 112 g/mol. The molecule has 0 aliphatic carbocycles. The Balaban J connectivity index is 3.33. The third kappa shape index (κ3) is 4.46. The maximum Gasteiger partial charge on any atom is 0.0431 e. The fourth-order valence-corrected chi connectivity index (χ4v) is 0.734. The first-order valence-electron chi connectivity index (χ1n) is 3.73. The SMILES string of the molecule is CCC(C)(C)CCCO. The Hall–Kier alpha value is -0.0400. The van der Waals surface area contributed by atoms with Crippen molar-refractivity contribution in [1.29, 1.82) is 0 Å². The lowest BCUT2D eigenvalue weighted by molar-refractivity contribution is 0.237. The summed E-state index contributed by atoms with van der Waals surface area (Å²) in [4.78, 5) is 0. The van der Waals surface area contributed by atoms with E-state index in [4.69, 9.17) is 5.11 Å². The van der Waals surface area contributed by atoms with Crippen LogP contribution in [0.3, 0.4) is 0 Å². The Bertz CT molecular complexity index is 67.0. The summed E-state index contributed by atoms with van der Waals surface area (Å²) < 4.78 is 0. The molecule has 0 amide bonds. The number of rotatable bonds is 4. The molecular formula is C8H18O. The Morgan fingerprint density at radius 1 is 1.33 bits per heavy atom. The van der Waals surface area contributed by atoms with Crippen LogP contribution in [0.4, 0.5) is 0 Å². The summed E-state index contributed by atoms with van der Waals surface area (Å²) in [6.45, 7) is 7.01. The average molecular weight is 130 g/mol. The van der Waals surface area contributed by atoms with Gasteiger partial charge in [0.1, 0.15) is 0 Å². The van der Waals surface area contributed by atoms with Crippen molar-refractivity contribution in [3.8, 4) is 0 Å². The lowest BCUT2D eigenvalue weighted by Gasteiger charge is -2.21. The van der Waals surface area contributed by atoms with Crippen molar-refractivity contribution < 1.29 is 5.11 Å². The molecule has 0 aromatic heterocycles. The van der Waals surface area contributed by atoms with E-state index in [1.807, 2.05) is 0 Å². The number of hydrogen-bond acceptors (Lipinski definition) is 1. The molecule has 0 aromatic carbocycles. The molecule has 9 heavy (non-hydrogen) atoms. The molecule has 0 saturated carbocycles. The maximum absolute atomic E-state index is 8.53. The third-order valence-electron chi connectivity index (χ3n) is 1.97. The van der Waals surface area contributed by atoms with E-state index in [0.29, 0.717) is 12.0 Å². The molecule has 0 bridgehead atoms. The van der Waals surface area contributed by atoms with E-state index in [1.54, 1.807) is 0 Å². The van der Waals surface area contributed by atoms with Crippen molar-refractivity contribution in [3.63, 3.8) is 0 Å². The van der Waals surface area contributed by atoms with Crippen LogP contribution < -0.4 is 0 Å². The van der Waals surface area contributed by atoms with Crippen molar-refractivity contribution in [2.24, 2.45) is 5.41 Å². The Morgan fingerprint density at radius 2 is 1.89 bits per heavy atom. The smallest absolute Gasteiger partial charge is 0.0431 e. The Morgan fingerprint density at radius 3 is 2.22 bits per heavy atom. The van der Waals surface area contributed by atoms with Gasteiger partial charge in [-0.3, -0.25) is 0 Å². The highest BCUT2D eigenvalue weighted by Gasteiger charge is 2.12. The van der Waals surface area contributed by atoms with Crippen LogP contribution >= 0.6 is 0 Å². The zero-order chi connectivity index (χ0) is 7.33. The minimum atomic E-state index is 0.337. The molecule has 1 heteroatoms. The van der Waals surface area contributed by atoms with Gasteiger partial charge in [0.25, 0.3) is 0 Å². The first-order valence-corrected chi connectivity index (χ1v) is 3.73. The topological polar surface area (TPSA) is 20.2 Å². The van der Waals surface area contributed by atoms with Crippen molar-refractivity contribution >= 4 is 0 Å². The van der Waals surface area contributed by atoms with Crippen LogP contribution in [0.1, 0.15) is 40.0 Å². The lowest BCUT2D eigenvalue weighted by atomic mass is 9.85. The van der Waals surface area contributed by atoms with E-state index in [9.17, 15) is 0 Å². The zero-order valence-electron chi connectivity index (χ0n) is 6.78. The van der Waals surface area contributed by atoms with Crippen molar-refractivity contribution in [3.05, 3.63) is 0 Å². The predicted molar refractivity (Wildman–Crippen MR) is 40.4 cm³/mol. The van der Waals surface area contributed by atoms with E-state index >= 15 is 0 Å². The molecule has 0 aliphatic rings. The van der Waals surface area contributed by atoms with E-state index in [-0.39, 0.29) is 0 Å².